The highest BCUT2D eigenvalue weighted by Crippen LogP contribution is 2.36. The van der Waals surface area contributed by atoms with Crippen molar-refractivity contribution in [2.24, 2.45) is 0 Å². The molecule has 2 aliphatic rings. The Morgan fingerprint density at radius 3 is 2.73 bits per heavy atom. The Kier molecular flexibility index (Phi) is 3.97. The molecule has 0 bridgehead atoms. The Morgan fingerprint density at radius 2 is 2.07 bits per heavy atom. The molecule has 3 heteroatoms. The van der Waals surface area contributed by atoms with E-state index in [1.54, 1.807) is 0 Å². The molecule has 0 aliphatic carbocycles. The van der Waals surface area contributed by atoms with Crippen molar-refractivity contribution < 1.29 is 0 Å². The molecular weight excluding hydrogens is 204 g/mol. The normalized spacial score (nSPS) is 34.6. The first-order valence-electron chi connectivity index (χ1n) is 6.35. The molecule has 88 valence electrons. The molecule has 0 aromatic rings. The number of nitrogens with one attached hydrogen (secondary N) is 1. The summed E-state index contributed by atoms with van der Waals surface area (Å²) in [5.41, 5.74) is 0. The van der Waals surface area contributed by atoms with Gasteiger partial charge < -0.3 is 10.2 Å². The van der Waals surface area contributed by atoms with E-state index in [2.05, 4.69) is 35.8 Å². The molecule has 0 radical (unpaired) electrons. The summed E-state index contributed by atoms with van der Waals surface area (Å²) in [6, 6.07) is 0.716. The van der Waals surface area contributed by atoms with E-state index in [1.807, 2.05) is 0 Å². The molecule has 1 spiro atoms. The van der Waals surface area contributed by atoms with E-state index in [0.29, 0.717) is 10.9 Å². The van der Waals surface area contributed by atoms with Crippen molar-refractivity contribution in [1.29, 1.82) is 0 Å². The molecule has 1 unspecified atom stereocenters. The Balaban J connectivity index is 1.93. The summed E-state index contributed by atoms with van der Waals surface area (Å²) in [6.07, 6.45) is 5.40. The lowest BCUT2D eigenvalue weighted by Crippen LogP contribution is -2.46. The van der Waals surface area contributed by atoms with Crippen LogP contribution in [0.15, 0.2) is 0 Å². The Bertz CT molecular complexity index is 200. The summed E-state index contributed by atoms with van der Waals surface area (Å²) in [5.74, 6) is 1.36. The Hall–Kier alpha value is 0.270. The largest absolute Gasteiger partial charge is 0.303 e. The second-order valence-corrected chi connectivity index (χ2v) is 6.58. The van der Waals surface area contributed by atoms with Crippen LogP contribution in [-0.4, -0.2) is 41.2 Å². The van der Waals surface area contributed by atoms with Crippen LogP contribution >= 0.6 is 11.8 Å². The standard InChI is InChI=1S/C12H24N2S/c1-11(2)14-8-3-5-12(6-9-14)13-7-4-10-15-12/h11,13H,3-10H2,1-2H3. The molecule has 2 rings (SSSR count). The topological polar surface area (TPSA) is 15.3 Å². The smallest absolute Gasteiger partial charge is 0.0657 e. The van der Waals surface area contributed by atoms with Crippen LogP contribution in [0.1, 0.15) is 39.5 Å². The molecule has 2 nitrogen and oxygen atoms in total. The van der Waals surface area contributed by atoms with Crippen molar-refractivity contribution in [2.75, 3.05) is 25.4 Å². The van der Waals surface area contributed by atoms with Crippen molar-refractivity contribution >= 4 is 11.8 Å². The van der Waals surface area contributed by atoms with Crippen molar-refractivity contribution in [2.45, 2.75) is 50.4 Å². The molecule has 2 heterocycles. The number of likely N-dealkylation sites (tertiary alicyclic amines) is 1. The number of hydrogen-bond acceptors (Lipinski definition) is 3. The highest BCUT2D eigenvalue weighted by Gasteiger charge is 2.34. The van der Waals surface area contributed by atoms with Gasteiger partial charge in [0, 0.05) is 12.6 Å². The highest BCUT2D eigenvalue weighted by molar-refractivity contribution is 8.00. The maximum atomic E-state index is 3.77. The van der Waals surface area contributed by atoms with E-state index in [0.717, 1.165) is 0 Å². The number of thioether (sulfide) groups is 1. The third-order valence-electron chi connectivity index (χ3n) is 3.71. The molecule has 2 fully saturated rings. The van der Waals surface area contributed by atoms with Gasteiger partial charge in [0.05, 0.1) is 4.87 Å². The number of nitrogens with zero attached hydrogens (tertiary/aromatic N) is 1. The number of rotatable bonds is 1. The van der Waals surface area contributed by atoms with E-state index in [4.69, 9.17) is 0 Å². The molecule has 15 heavy (non-hydrogen) atoms. The van der Waals surface area contributed by atoms with Gasteiger partial charge in [-0.1, -0.05) is 0 Å². The van der Waals surface area contributed by atoms with Crippen LogP contribution in [0.5, 0.6) is 0 Å². The van der Waals surface area contributed by atoms with Gasteiger partial charge in [0.25, 0.3) is 0 Å². The average Bonchev–Trinajstić information content (AvgIpc) is 2.43. The average molecular weight is 228 g/mol. The summed E-state index contributed by atoms with van der Waals surface area (Å²) in [5, 5.41) is 3.77. The van der Waals surface area contributed by atoms with Crippen molar-refractivity contribution in [3.8, 4) is 0 Å². The molecule has 1 atom stereocenters. The molecule has 1 N–H and O–H groups in total. The minimum absolute atomic E-state index is 0.432. The SMILES string of the molecule is CC(C)N1CCCC2(CC1)NCCCS2. The van der Waals surface area contributed by atoms with Crippen LogP contribution in [0.2, 0.25) is 0 Å². The Labute approximate surface area is 98.2 Å². The van der Waals surface area contributed by atoms with Gasteiger partial charge in [-0.15, -0.1) is 11.8 Å². The Morgan fingerprint density at radius 1 is 1.20 bits per heavy atom. The van der Waals surface area contributed by atoms with Gasteiger partial charge in [0.2, 0.25) is 0 Å². The molecular formula is C12H24N2S. The zero-order valence-electron chi connectivity index (χ0n) is 10.1. The lowest BCUT2D eigenvalue weighted by atomic mass is 10.1. The summed E-state index contributed by atoms with van der Waals surface area (Å²) in [6.45, 7) is 8.44. The molecule has 0 amide bonds. The third-order valence-corrected chi connectivity index (χ3v) is 5.30. The predicted octanol–water partition coefficient (Wildman–Crippen LogP) is 2.30. The van der Waals surface area contributed by atoms with E-state index < -0.39 is 0 Å². The first kappa shape index (κ1) is 11.7. The quantitative estimate of drug-likeness (QED) is 0.741. The maximum Gasteiger partial charge on any atom is 0.0657 e. The minimum Gasteiger partial charge on any atom is -0.303 e. The van der Waals surface area contributed by atoms with E-state index >= 15 is 0 Å². The van der Waals surface area contributed by atoms with Crippen LogP contribution < -0.4 is 5.32 Å². The van der Waals surface area contributed by atoms with E-state index in [-0.39, 0.29) is 0 Å². The van der Waals surface area contributed by atoms with Gasteiger partial charge in [-0.2, -0.15) is 0 Å². The highest BCUT2D eigenvalue weighted by atomic mass is 32.2. The predicted molar refractivity (Wildman–Crippen MR) is 68.4 cm³/mol. The van der Waals surface area contributed by atoms with Gasteiger partial charge in [0.15, 0.2) is 0 Å². The number of hydrogen-bond donors (Lipinski definition) is 1. The zero-order valence-corrected chi connectivity index (χ0v) is 10.9. The van der Waals surface area contributed by atoms with Crippen LogP contribution in [0.3, 0.4) is 0 Å². The fourth-order valence-electron chi connectivity index (χ4n) is 2.67. The lowest BCUT2D eigenvalue weighted by molar-refractivity contribution is 0.227. The molecule has 2 saturated heterocycles. The van der Waals surface area contributed by atoms with Crippen LogP contribution in [-0.2, 0) is 0 Å². The van der Waals surface area contributed by atoms with Crippen molar-refractivity contribution in [3.63, 3.8) is 0 Å². The third kappa shape index (κ3) is 2.89. The fraction of sp³-hybridized carbons (Fsp3) is 1.00. The van der Waals surface area contributed by atoms with Crippen LogP contribution in [0.25, 0.3) is 0 Å². The first-order valence-corrected chi connectivity index (χ1v) is 7.33. The minimum atomic E-state index is 0.432. The summed E-state index contributed by atoms with van der Waals surface area (Å²) in [7, 11) is 0. The summed E-state index contributed by atoms with van der Waals surface area (Å²) < 4.78 is 0. The molecule has 0 saturated carbocycles. The summed E-state index contributed by atoms with van der Waals surface area (Å²) >= 11 is 2.18. The second kappa shape index (κ2) is 5.07. The van der Waals surface area contributed by atoms with Gasteiger partial charge in [0.1, 0.15) is 0 Å². The van der Waals surface area contributed by atoms with Gasteiger partial charge in [-0.25, -0.2) is 0 Å². The second-order valence-electron chi connectivity index (χ2n) is 5.11. The van der Waals surface area contributed by atoms with Crippen LogP contribution in [0.4, 0.5) is 0 Å². The van der Waals surface area contributed by atoms with Crippen molar-refractivity contribution in [1.82, 2.24) is 10.2 Å². The van der Waals surface area contributed by atoms with Gasteiger partial charge in [-0.05, 0) is 58.4 Å². The monoisotopic (exact) mass is 228 g/mol. The summed E-state index contributed by atoms with van der Waals surface area (Å²) in [4.78, 5) is 3.06. The van der Waals surface area contributed by atoms with E-state index in [9.17, 15) is 0 Å². The van der Waals surface area contributed by atoms with Gasteiger partial charge >= 0.3 is 0 Å². The van der Waals surface area contributed by atoms with Gasteiger partial charge in [-0.3, -0.25) is 0 Å². The van der Waals surface area contributed by atoms with Crippen molar-refractivity contribution in [3.05, 3.63) is 0 Å². The van der Waals surface area contributed by atoms with E-state index in [1.165, 1.54) is 51.1 Å². The maximum absolute atomic E-state index is 3.77. The zero-order chi connectivity index (χ0) is 10.7. The first-order chi connectivity index (χ1) is 7.22. The van der Waals surface area contributed by atoms with Crippen LogP contribution in [0, 0.1) is 0 Å². The molecule has 2 aliphatic heterocycles. The fourth-order valence-corrected chi connectivity index (χ4v) is 4.08. The molecule has 0 aromatic heterocycles. The molecule has 0 aromatic carbocycles. The lowest BCUT2D eigenvalue weighted by Gasteiger charge is -2.37.